The zero-order chi connectivity index (χ0) is 16.9. The van der Waals surface area contributed by atoms with E-state index in [9.17, 15) is 27.6 Å². The predicted molar refractivity (Wildman–Crippen MR) is 73.1 cm³/mol. The average Bonchev–Trinajstić information content (AvgIpc) is 2.43. The van der Waals surface area contributed by atoms with Crippen LogP contribution in [0.3, 0.4) is 0 Å². The van der Waals surface area contributed by atoms with Crippen LogP contribution in [0.4, 0.5) is 13.2 Å². The molecule has 0 aromatic rings. The van der Waals surface area contributed by atoms with Gasteiger partial charge in [-0.2, -0.15) is 13.2 Å². The third-order valence-electron chi connectivity index (χ3n) is 3.28. The first-order valence-electron chi connectivity index (χ1n) is 6.55. The highest BCUT2D eigenvalue weighted by Gasteiger charge is 2.31. The number of carbonyl (C=O) groups is 3. The number of carbonyl (C=O) groups excluding carboxylic acids is 2. The average molecular weight is 342 g/mol. The van der Waals surface area contributed by atoms with Crippen molar-refractivity contribution in [2.75, 3.05) is 32.4 Å². The minimum Gasteiger partial charge on any atom is -0.481 e. The number of carboxylic acids is 1. The number of hydrogen-bond donors (Lipinski definition) is 1. The molecular weight excluding hydrogens is 325 g/mol. The van der Waals surface area contributed by atoms with Crippen LogP contribution >= 0.6 is 11.8 Å². The lowest BCUT2D eigenvalue weighted by atomic mass is 9.98. The van der Waals surface area contributed by atoms with Crippen molar-refractivity contribution in [3.63, 3.8) is 0 Å². The maximum Gasteiger partial charge on any atom is 0.442 e. The predicted octanol–water partition coefficient (Wildman–Crippen LogP) is 1.02. The Balaban J connectivity index is 2.46. The second-order valence-electron chi connectivity index (χ2n) is 5.00. The van der Waals surface area contributed by atoms with Crippen LogP contribution in [-0.2, 0) is 14.4 Å². The standard InChI is InChI=1S/C12H17F3N2O4S/c1-16(10(19)7-22-12(13,14)15)6-9(18)17-4-2-3-8(5-17)11(20)21/h8H,2-7H2,1H3,(H,20,21). The summed E-state index contributed by atoms with van der Waals surface area (Å²) in [6, 6.07) is 0. The summed E-state index contributed by atoms with van der Waals surface area (Å²) in [5, 5.41) is 8.94. The van der Waals surface area contributed by atoms with Gasteiger partial charge in [0.2, 0.25) is 11.8 Å². The molecule has 0 spiro atoms. The summed E-state index contributed by atoms with van der Waals surface area (Å²) in [5.74, 6) is -3.67. The Bertz CT molecular complexity index is 445. The van der Waals surface area contributed by atoms with Crippen molar-refractivity contribution >= 4 is 29.5 Å². The summed E-state index contributed by atoms with van der Waals surface area (Å²) in [6.07, 6.45) is 1.03. The molecule has 0 bridgehead atoms. The molecule has 126 valence electrons. The highest BCUT2D eigenvalue weighted by Crippen LogP contribution is 2.30. The van der Waals surface area contributed by atoms with Gasteiger partial charge in [-0.05, 0) is 24.6 Å². The first kappa shape index (κ1) is 18.6. The Morgan fingerprint density at radius 2 is 2.00 bits per heavy atom. The van der Waals surface area contributed by atoms with Crippen molar-refractivity contribution in [3.05, 3.63) is 0 Å². The van der Waals surface area contributed by atoms with E-state index in [4.69, 9.17) is 5.11 Å². The SMILES string of the molecule is CN(CC(=O)N1CCCC(C(=O)O)C1)C(=O)CSC(F)(F)F. The fourth-order valence-corrected chi connectivity index (χ4v) is 2.56. The quantitative estimate of drug-likeness (QED) is 0.807. The van der Waals surface area contributed by atoms with Crippen LogP contribution in [0, 0.1) is 5.92 Å². The second kappa shape index (κ2) is 7.70. The highest BCUT2D eigenvalue weighted by molar-refractivity contribution is 8.00. The number of aliphatic carboxylic acids is 1. The van der Waals surface area contributed by atoms with E-state index >= 15 is 0 Å². The molecule has 22 heavy (non-hydrogen) atoms. The first-order valence-corrected chi connectivity index (χ1v) is 7.54. The number of nitrogens with zero attached hydrogens (tertiary/aromatic N) is 2. The molecule has 0 aromatic heterocycles. The van der Waals surface area contributed by atoms with Gasteiger partial charge in [0.05, 0.1) is 18.2 Å². The number of likely N-dealkylation sites (tertiary alicyclic amines) is 1. The van der Waals surface area contributed by atoms with Crippen molar-refractivity contribution in [1.29, 1.82) is 0 Å². The summed E-state index contributed by atoms with van der Waals surface area (Å²) in [5.41, 5.74) is -4.50. The van der Waals surface area contributed by atoms with Gasteiger partial charge in [0.15, 0.2) is 0 Å². The number of thioether (sulfide) groups is 1. The number of likely N-dealkylation sites (N-methyl/N-ethyl adjacent to an activating group) is 1. The molecule has 1 unspecified atom stereocenters. The highest BCUT2D eigenvalue weighted by atomic mass is 32.2. The third kappa shape index (κ3) is 6.12. The molecule has 0 radical (unpaired) electrons. The van der Waals surface area contributed by atoms with Gasteiger partial charge in [-0.25, -0.2) is 0 Å². The van der Waals surface area contributed by atoms with Crippen LogP contribution in [0.2, 0.25) is 0 Å². The van der Waals surface area contributed by atoms with E-state index in [2.05, 4.69) is 0 Å². The minimum absolute atomic E-state index is 0.0630. The summed E-state index contributed by atoms with van der Waals surface area (Å²) < 4.78 is 36.0. The Hall–Kier alpha value is -1.45. The number of hydrogen-bond acceptors (Lipinski definition) is 4. The molecule has 1 rings (SSSR count). The maximum absolute atomic E-state index is 12.0. The molecule has 6 nitrogen and oxygen atoms in total. The molecule has 1 atom stereocenters. The normalized spacial score (nSPS) is 18.9. The molecule has 1 heterocycles. The fourth-order valence-electron chi connectivity index (χ4n) is 2.05. The Labute approximate surface area is 129 Å². The van der Waals surface area contributed by atoms with E-state index in [-0.39, 0.29) is 13.1 Å². The molecular formula is C12H17F3N2O4S. The lowest BCUT2D eigenvalue weighted by molar-refractivity contribution is -0.147. The lowest BCUT2D eigenvalue weighted by Gasteiger charge is -2.32. The Kier molecular flexibility index (Phi) is 6.51. The van der Waals surface area contributed by atoms with E-state index in [1.54, 1.807) is 0 Å². The van der Waals surface area contributed by atoms with E-state index in [1.165, 1.54) is 11.9 Å². The second-order valence-corrected chi connectivity index (χ2v) is 6.04. The van der Waals surface area contributed by atoms with E-state index < -0.39 is 46.7 Å². The zero-order valence-corrected chi connectivity index (χ0v) is 12.7. The van der Waals surface area contributed by atoms with Gasteiger partial charge in [-0.15, -0.1) is 0 Å². The van der Waals surface area contributed by atoms with Crippen LogP contribution in [0.25, 0.3) is 0 Å². The van der Waals surface area contributed by atoms with Gasteiger partial charge in [-0.1, -0.05) is 0 Å². The Morgan fingerprint density at radius 3 is 2.55 bits per heavy atom. The number of carboxylic acid groups (broad SMARTS) is 1. The summed E-state index contributed by atoms with van der Waals surface area (Å²) >= 11 is -0.457. The number of amides is 2. The fraction of sp³-hybridized carbons (Fsp3) is 0.750. The van der Waals surface area contributed by atoms with Crippen LogP contribution in [-0.4, -0.2) is 70.6 Å². The van der Waals surface area contributed by atoms with Crippen LogP contribution < -0.4 is 0 Å². The first-order chi connectivity index (χ1) is 10.1. The largest absolute Gasteiger partial charge is 0.481 e. The van der Waals surface area contributed by atoms with Crippen LogP contribution in [0.15, 0.2) is 0 Å². The molecule has 1 saturated heterocycles. The van der Waals surface area contributed by atoms with Crippen molar-refractivity contribution in [1.82, 2.24) is 9.80 Å². The van der Waals surface area contributed by atoms with Crippen LogP contribution in [0.5, 0.6) is 0 Å². The van der Waals surface area contributed by atoms with Crippen molar-refractivity contribution < 1.29 is 32.7 Å². The molecule has 1 fully saturated rings. The lowest BCUT2D eigenvalue weighted by Crippen LogP contribution is -2.47. The van der Waals surface area contributed by atoms with E-state index in [0.29, 0.717) is 19.4 Å². The van der Waals surface area contributed by atoms with Crippen LogP contribution in [0.1, 0.15) is 12.8 Å². The molecule has 10 heteroatoms. The number of halogens is 3. The molecule has 1 aliphatic rings. The van der Waals surface area contributed by atoms with E-state index in [0.717, 1.165) is 4.90 Å². The molecule has 0 aromatic carbocycles. The summed E-state index contributed by atoms with van der Waals surface area (Å²) in [7, 11) is 1.25. The molecule has 2 amide bonds. The van der Waals surface area contributed by atoms with Gasteiger partial charge in [0.25, 0.3) is 0 Å². The molecule has 0 saturated carbocycles. The molecule has 1 N–H and O–H groups in total. The summed E-state index contributed by atoms with van der Waals surface area (Å²) in [6.45, 7) is 0.0963. The maximum atomic E-state index is 12.0. The monoisotopic (exact) mass is 342 g/mol. The van der Waals surface area contributed by atoms with Crippen molar-refractivity contribution in [2.24, 2.45) is 5.92 Å². The summed E-state index contributed by atoms with van der Waals surface area (Å²) in [4.78, 5) is 36.7. The van der Waals surface area contributed by atoms with E-state index in [1.807, 2.05) is 0 Å². The number of rotatable bonds is 5. The topological polar surface area (TPSA) is 77.9 Å². The van der Waals surface area contributed by atoms with Gasteiger partial charge >= 0.3 is 11.5 Å². The van der Waals surface area contributed by atoms with Crippen molar-refractivity contribution in [2.45, 2.75) is 18.3 Å². The van der Waals surface area contributed by atoms with Crippen molar-refractivity contribution in [3.8, 4) is 0 Å². The smallest absolute Gasteiger partial charge is 0.442 e. The van der Waals surface area contributed by atoms with Gasteiger partial charge < -0.3 is 14.9 Å². The minimum atomic E-state index is -4.50. The number of piperidine rings is 1. The third-order valence-corrected chi connectivity index (χ3v) is 4.00. The zero-order valence-electron chi connectivity index (χ0n) is 11.9. The van der Waals surface area contributed by atoms with Gasteiger partial charge in [0, 0.05) is 20.1 Å². The van der Waals surface area contributed by atoms with Gasteiger partial charge in [0.1, 0.15) is 0 Å². The number of alkyl halides is 3. The molecule has 1 aliphatic heterocycles. The Morgan fingerprint density at radius 1 is 1.36 bits per heavy atom. The molecule has 0 aliphatic carbocycles. The van der Waals surface area contributed by atoms with Gasteiger partial charge in [-0.3, -0.25) is 14.4 Å².